The van der Waals surface area contributed by atoms with E-state index in [2.05, 4.69) is 10.6 Å². The number of nitrogens with zero attached hydrogens (tertiary/aromatic N) is 1. The Morgan fingerprint density at radius 1 is 1.20 bits per heavy atom. The Hall–Kier alpha value is -1.02. The van der Waals surface area contributed by atoms with Gasteiger partial charge in [0.25, 0.3) is 0 Å². The zero-order valence-corrected chi connectivity index (χ0v) is 17.2. The first kappa shape index (κ1) is 24.0. The van der Waals surface area contributed by atoms with Crippen LogP contribution in [-0.2, 0) is 21.2 Å². The van der Waals surface area contributed by atoms with Crippen LogP contribution >= 0.6 is 24.8 Å². The van der Waals surface area contributed by atoms with Crippen LogP contribution in [0.15, 0.2) is 24.3 Å². The molecule has 1 aliphatic rings. The number of para-hydroxylation sites is 1. The number of benzene rings is 1. The summed E-state index contributed by atoms with van der Waals surface area (Å²) >= 11 is 0. The Kier molecular flexibility index (Phi) is 9.22. The maximum atomic E-state index is 12.7. The number of carbonyl (C=O) groups excluding carboxylic acids is 1. The van der Waals surface area contributed by atoms with Gasteiger partial charge in [-0.1, -0.05) is 18.2 Å². The van der Waals surface area contributed by atoms with E-state index in [1.54, 1.807) is 0 Å². The molecule has 0 unspecified atom stereocenters. The van der Waals surface area contributed by atoms with Gasteiger partial charge in [-0.05, 0) is 37.6 Å². The number of amides is 1. The van der Waals surface area contributed by atoms with Crippen LogP contribution in [-0.4, -0.2) is 52.5 Å². The van der Waals surface area contributed by atoms with Crippen molar-refractivity contribution >= 4 is 46.2 Å². The second-order valence-electron chi connectivity index (χ2n) is 6.22. The Morgan fingerprint density at radius 3 is 2.28 bits per heavy atom. The van der Waals surface area contributed by atoms with Crippen LogP contribution in [0.5, 0.6) is 0 Å². The Bertz CT molecular complexity index is 675. The van der Waals surface area contributed by atoms with Gasteiger partial charge < -0.3 is 15.5 Å². The van der Waals surface area contributed by atoms with Crippen molar-refractivity contribution in [1.82, 2.24) is 10.6 Å². The van der Waals surface area contributed by atoms with E-state index in [4.69, 9.17) is 0 Å². The van der Waals surface area contributed by atoms with E-state index in [9.17, 15) is 13.2 Å². The third-order valence-corrected chi connectivity index (χ3v) is 6.46. The second-order valence-corrected chi connectivity index (χ2v) is 8.55. The van der Waals surface area contributed by atoms with Crippen molar-refractivity contribution in [2.45, 2.75) is 24.1 Å². The number of sulfone groups is 1. The largest absolute Gasteiger partial charge is 0.377 e. The minimum Gasteiger partial charge on any atom is -0.377 e. The number of hydrogen-bond acceptors (Lipinski definition) is 5. The van der Waals surface area contributed by atoms with Crippen LogP contribution in [0.4, 0.5) is 5.69 Å². The van der Waals surface area contributed by atoms with Crippen molar-refractivity contribution in [3.8, 4) is 0 Å². The molecule has 2 N–H and O–H groups in total. The number of hydrogen-bond donors (Lipinski definition) is 2. The zero-order valence-electron chi connectivity index (χ0n) is 14.7. The van der Waals surface area contributed by atoms with Crippen molar-refractivity contribution in [2.24, 2.45) is 0 Å². The molecular formula is C16H27Cl2N3O3S. The lowest BCUT2D eigenvalue weighted by molar-refractivity contribution is -0.124. The molecule has 144 valence electrons. The van der Waals surface area contributed by atoms with Gasteiger partial charge in [-0.3, -0.25) is 4.79 Å². The van der Waals surface area contributed by atoms with Crippen LogP contribution < -0.4 is 15.5 Å². The number of nitrogens with one attached hydrogen (secondary N) is 2. The highest BCUT2D eigenvalue weighted by Gasteiger charge is 2.48. The van der Waals surface area contributed by atoms with Gasteiger partial charge in [-0.25, -0.2) is 8.42 Å². The molecule has 0 saturated carbocycles. The van der Waals surface area contributed by atoms with Gasteiger partial charge in [0, 0.05) is 32.6 Å². The number of piperidine rings is 1. The number of halogens is 2. The van der Waals surface area contributed by atoms with E-state index >= 15 is 0 Å². The molecule has 2 rings (SSSR count). The van der Waals surface area contributed by atoms with Crippen LogP contribution in [0.3, 0.4) is 0 Å². The van der Waals surface area contributed by atoms with E-state index < -0.39 is 20.5 Å². The minimum atomic E-state index is -3.48. The number of rotatable bonds is 5. The molecule has 1 amide bonds. The maximum absolute atomic E-state index is 12.7. The van der Waals surface area contributed by atoms with Crippen LogP contribution in [0.1, 0.15) is 18.4 Å². The van der Waals surface area contributed by atoms with Gasteiger partial charge in [-0.2, -0.15) is 0 Å². The van der Waals surface area contributed by atoms with Gasteiger partial charge in [-0.15, -0.1) is 24.8 Å². The van der Waals surface area contributed by atoms with Crippen molar-refractivity contribution < 1.29 is 13.2 Å². The molecule has 0 atom stereocenters. The molecule has 6 nitrogen and oxygen atoms in total. The fourth-order valence-corrected chi connectivity index (χ4v) is 4.38. The topological polar surface area (TPSA) is 78.5 Å². The first-order chi connectivity index (χ1) is 10.8. The predicted molar refractivity (Wildman–Crippen MR) is 107 cm³/mol. The average Bonchev–Trinajstić information content (AvgIpc) is 2.52. The van der Waals surface area contributed by atoms with Crippen LogP contribution in [0.25, 0.3) is 0 Å². The molecule has 0 bridgehead atoms. The number of anilines is 1. The molecule has 1 aliphatic heterocycles. The Morgan fingerprint density at radius 2 is 1.76 bits per heavy atom. The summed E-state index contributed by atoms with van der Waals surface area (Å²) in [5.41, 5.74) is 1.97. The molecule has 1 aromatic carbocycles. The fraction of sp³-hybridized carbons (Fsp3) is 0.562. The maximum Gasteiger partial charge on any atom is 0.241 e. The SMILES string of the molecule is CN(C)c1ccccc1CNC(=O)C1(S(C)(=O)=O)CCNCC1.Cl.Cl. The molecule has 1 saturated heterocycles. The summed E-state index contributed by atoms with van der Waals surface area (Å²) in [7, 11) is 0.392. The Balaban J connectivity index is 0.00000288. The lowest BCUT2D eigenvalue weighted by Crippen LogP contribution is -2.57. The van der Waals surface area contributed by atoms with Gasteiger partial charge >= 0.3 is 0 Å². The summed E-state index contributed by atoms with van der Waals surface area (Å²) in [5, 5.41) is 5.95. The highest BCUT2D eigenvalue weighted by molar-refractivity contribution is 7.92. The monoisotopic (exact) mass is 411 g/mol. The molecule has 1 aromatic rings. The van der Waals surface area contributed by atoms with E-state index in [-0.39, 0.29) is 24.8 Å². The molecule has 9 heteroatoms. The predicted octanol–water partition coefficient (Wildman–Crippen LogP) is 1.38. The second kappa shape index (κ2) is 9.62. The van der Waals surface area contributed by atoms with Crippen molar-refractivity contribution in [3.05, 3.63) is 29.8 Å². The molecular weight excluding hydrogens is 385 g/mol. The van der Waals surface area contributed by atoms with Crippen molar-refractivity contribution in [1.29, 1.82) is 0 Å². The standard InChI is InChI=1S/C16H25N3O3S.2ClH/c1-19(2)14-7-5-4-6-13(14)12-18-15(20)16(23(3,21)22)8-10-17-11-9-16;;/h4-7,17H,8-12H2,1-3H3,(H,18,20);2*1H. The van der Waals surface area contributed by atoms with Crippen molar-refractivity contribution in [3.63, 3.8) is 0 Å². The third kappa shape index (κ3) is 5.23. The molecule has 25 heavy (non-hydrogen) atoms. The first-order valence-corrected chi connectivity index (χ1v) is 9.61. The van der Waals surface area contributed by atoms with Crippen LogP contribution in [0, 0.1) is 0 Å². The highest BCUT2D eigenvalue weighted by Crippen LogP contribution is 2.28. The zero-order chi connectivity index (χ0) is 17.1. The van der Waals surface area contributed by atoms with Crippen LogP contribution in [0.2, 0.25) is 0 Å². The first-order valence-electron chi connectivity index (χ1n) is 7.72. The number of carbonyl (C=O) groups is 1. The van der Waals surface area contributed by atoms with E-state index in [1.807, 2.05) is 43.3 Å². The normalized spacial score (nSPS) is 16.1. The Labute approximate surface area is 162 Å². The molecule has 1 heterocycles. The highest BCUT2D eigenvalue weighted by atomic mass is 35.5. The summed E-state index contributed by atoms with van der Waals surface area (Å²) < 4.78 is 23.2. The van der Waals surface area contributed by atoms with Gasteiger partial charge in [0.1, 0.15) is 0 Å². The fourth-order valence-electron chi connectivity index (χ4n) is 3.03. The van der Waals surface area contributed by atoms with E-state index in [1.165, 1.54) is 0 Å². The molecule has 0 radical (unpaired) electrons. The summed E-state index contributed by atoms with van der Waals surface area (Å²) in [5.74, 6) is -0.393. The molecule has 1 fully saturated rings. The lowest BCUT2D eigenvalue weighted by atomic mass is 9.95. The summed E-state index contributed by atoms with van der Waals surface area (Å²) in [4.78, 5) is 14.7. The van der Waals surface area contributed by atoms with Crippen molar-refractivity contribution in [2.75, 3.05) is 38.3 Å². The third-order valence-electron chi connectivity index (χ3n) is 4.45. The molecule has 0 aromatic heterocycles. The minimum absolute atomic E-state index is 0. The summed E-state index contributed by atoms with van der Waals surface area (Å²) in [6.07, 6.45) is 1.78. The van der Waals surface area contributed by atoms with Gasteiger partial charge in [0.2, 0.25) is 5.91 Å². The smallest absolute Gasteiger partial charge is 0.241 e. The summed E-state index contributed by atoms with van der Waals surface area (Å²) in [6, 6.07) is 7.75. The average molecular weight is 412 g/mol. The van der Waals surface area contributed by atoms with E-state index in [0.29, 0.717) is 32.5 Å². The lowest BCUT2D eigenvalue weighted by Gasteiger charge is -2.34. The van der Waals surface area contributed by atoms with Gasteiger partial charge in [0.15, 0.2) is 14.6 Å². The summed E-state index contributed by atoms with van der Waals surface area (Å²) in [6.45, 7) is 1.39. The van der Waals surface area contributed by atoms with Gasteiger partial charge in [0.05, 0.1) is 0 Å². The molecule has 0 spiro atoms. The van der Waals surface area contributed by atoms with E-state index in [0.717, 1.165) is 17.5 Å². The molecule has 0 aliphatic carbocycles. The quantitative estimate of drug-likeness (QED) is 0.764.